The van der Waals surface area contributed by atoms with Crippen LogP contribution in [0.2, 0.25) is 10.0 Å². The molecule has 0 saturated carbocycles. The first-order valence-electron chi connectivity index (χ1n) is 41.7. The summed E-state index contributed by atoms with van der Waals surface area (Å²) in [6.45, 7) is 50.4. The van der Waals surface area contributed by atoms with Crippen molar-refractivity contribution in [3.05, 3.63) is 440 Å². The van der Waals surface area contributed by atoms with Crippen LogP contribution in [0.25, 0.3) is 0 Å². The average molecular weight is 1790 g/mol. The van der Waals surface area contributed by atoms with Crippen LogP contribution in [0.3, 0.4) is 0 Å². The minimum absolute atomic E-state index is 0. The Morgan fingerprint density at radius 3 is 1.02 bits per heavy atom. The number of imidazole rings is 3. The summed E-state index contributed by atoms with van der Waals surface area (Å²) < 4.78 is 25.4. The molecular weight excluding hydrogens is 1660 g/mol. The summed E-state index contributed by atoms with van der Waals surface area (Å²) in [6, 6.07) is 66.0. The van der Waals surface area contributed by atoms with Crippen molar-refractivity contribution in [2.45, 2.75) is 179 Å². The van der Waals surface area contributed by atoms with Crippen LogP contribution in [0.4, 0.5) is 26.6 Å². The monoisotopic (exact) mass is 1790 g/mol. The summed E-state index contributed by atoms with van der Waals surface area (Å²) in [7, 11) is 0. The van der Waals surface area contributed by atoms with Gasteiger partial charge in [-0.3, -0.25) is 0 Å². The SMILES string of the molecule is C.C=C(N)NCc1cc(Cl)ccc1C.C=C(N)NCc1cc(F)ccc1C.Cc1ccc(C)c(C(=O)O)c1.Cc1ccc(C)c(C(=O)O)c1.Cc1ccc(C)c(C)c1.Cc1ccc(C)c(CNc2ncc[nH]2)c1.Cc1ccc(C)c(CNc2ncc[nH]2)c1.Cc1ccc(C)c(Cl)c1.Cc1ccc(C)c(F)c1.Cc1ccc(C)c(O)c1.Cc1ccccc1CNc1ncc[nH]1. The third-order valence-electron chi connectivity index (χ3n) is 19.7. The minimum Gasteiger partial charge on any atom is -0.508 e. The van der Waals surface area contributed by atoms with Crippen LogP contribution in [0.1, 0.15) is 167 Å². The van der Waals surface area contributed by atoms with Gasteiger partial charge in [-0.05, 0) is 304 Å². The Bertz CT molecular complexity index is 5370. The number of rotatable bonds is 17. The number of carbonyl (C=O) groups is 2. The van der Waals surface area contributed by atoms with E-state index in [4.69, 9.17) is 50.0 Å². The van der Waals surface area contributed by atoms with Crippen molar-refractivity contribution in [3.63, 3.8) is 0 Å². The molecule has 0 aliphatic carbocycles. The predicted molar refractivity (Wildman–Crippen MR) is 536 cm³/mol. The number of halogens is 4. The number of aromatic carboxylic acids is 2. The number of anilines is 3. The lowest BCUT2D eigenvalue weighted by Crippen LogP contribution is -2.18. The predicted octanol–water partition coefficient (Wildman–Crippen LogP) is 26.1. The summed E-state index contributed by atoms with van der Waals surface area (Å²) in [5.41, 5.74) is 39.9. The van der Waals surface area contributed by atoms with Crippen molar-refractivity contribution < 1.29 is 33.7 Å². The number of carboxylic acid groups (broad SMARTS) is 2. The van der Waals surface area contributed by atoms with E-state index in [-0.39, 0.29) is 19.1 Å². The molecule has 0 unspecified atom stereocenters. The average Bonchev–Trinajstić information content (AvgIpc) is 0.904. The number of nitrogens with two attached hydrogens (primary N) is 2. The summed E-state index contributed by atoms with van der Waals surface area (Å²) in [5, 5.41) is 43.6. The first-order chi connectivity index (χ1) is 60.6. The lowest BCUT2D eigenvalue weighted by atomic mass is 10.1. The van der Waals surface area contributed by atoms with Crippen molar-refractivity contribution in [1.82, 2.24) is 40.5 Å². The second-order valence-electron chi connectivity index (χ2n) is 31.2. The molecule has 3 heterocycles. The minimum atomic E-state index is -0.855. The highest BCUT2D eigenvalue weighted by molar-refractivity contribution is 6.31. The van der Waals surface area contributed by atoms with Crippen molar-refractivity contribution >= 4 is 53.0 Å². The first kappa shape index (κ1) is 109. The van der Waals surface area contributed by atoms with E-state index in [1.165, 1.54) is 90.5 Å². The van der Waals surface area contributed by atoms with Gasteiger partial charge in [0.1, 0.15) is 17.4 Å². The normalized spacial score (nSPS) is 9.77. The van der Waals surface area contributed by atoms with Gasteiger partial charge in [-0.1, -0.05) is 223 Å². The Morgan fingerprint density at radius 1 is 0.349 bits per heavy atom. The van der Waals surface area contributed by atoms with E-state index in [2.05, 4.69) is 198 Å². The number of phenolic OH excluding ortho intramolecular Hbond substituents is 1. The first-order valence-corrected chi connectivity index (χ1v) is 42.4. The number of aromatic amines is 3. The molecule has 0 saturated heterocycles. The maximum absolute atomic E-state index is 12.8. The molecule has 0 amide bonds. The smallest absolute Gasteiger partial charge is 0.335 e. The van der Waals surface area contributed by atoms with Crippen molar-refractivity contribution in [2.75, 3.05) is 16.0 Å². The van der Waals surface area contributed by atoms with Gasteiger partial charge >= 0.3 is 11.9 Å². The van der Waals surface area contributed by atoms with Crippen LogP contribution >= 0.6 is 23.2 Å². The maximum atomic E-state index is 12.8. The van der Waals surface area contributed by atoms with E-state index in [0.29, 0.717) is 47.2 Å². The molecule has 14 aromatic rings. The lowest BCUT2D eigenvalue weighted by Gasteiger charge is -2.08. The van der Waals surface area contributed by atoms with Crippen LogP contribution in [0.5, 0.6) is 5.75 Å². The molecular formula is C107H133Cl2F2N13O5. The molecule has 22 heteroatoms. The number of hydrogen-bond donors (Lipinski definition) is 13. The molecule has 11 aromatic carbocycles. The Hall–Kier alpha value is -13.7. The maximum Gasteiger partial charge on any atom is 0.335 e. The molecule has 129 heavy (non-hydrogen) atoms. The van der Waals surface area contributed by atoms with Crippen molar-refractivity contribution in [2.24, 2.45) is 11.5 Å². The highest BCUT2D eigenvalue weighted by Crippen LogP contribution is 2.21. The van der Waals surface area contributed by atoms with Crippen LogP contribution in [0.15, 0.2) is 268 Å². The molecule has 684 valence electrons. The second-order valence-corrected chi connectivity index (χ2v) is 32.0. The number of nitrogens with zero attached hydrogens (tertiary/aromatic N) is 3. The van der Waals surface area contributed by atoms with Gasteiger partial charge in [0.2, 0.25) is 0 Å². The number of aromatic nitrogens is 6. The van der Waals surface area contributed by atoms with E-state index in [1.54, 1.807) is 75.9 Å². The quantitative estimate of drug-likeness (QED) is 0.0403. The molecule has 0 bridgehead atoms. The Kier molecular flexibility index (Phi) is 49.1. The Morgan fingerprint density at radius 2 is 0.674 bits per heavy atom. The van der Waals surface area contributed by atoms with Gasteiger partial charge in [0, 0.05) is 80.0 Å². The van der Waals surface area contributed by atoms with E-state index >= 15 is 0 Å². The molecule has 15 N–H and O–H groups in total. The van der Waals surface area contributed by atoms with Gasteiger partial charge in [0.25, 0.3) is 0 Å². The highest BCUT2D eigenvalue weighted by Gasteiger charge is 2.09. The van der Waals surface area contributed by atoms with Crippen LogP contribution in [0, 0.1) is 150 Å². The molecule has 0 atom stereocenters. The highest BCUT2D eigenvalue weighted by atomic mass is 35.5. The van der Waals surface area contributed by atoms with E-state index in [1.807, 2.05) is 160 Å². The fraction of sp³-hybridized carbons (Fsp3) is 0.243. The van der Waals surface area contributed by atoms with Gasteiger partial charge in [-0.15, -0.1) is 0 Å². The molecule has 0 fully saturated rings. The molecule has 14 rings (SSSR count). The number of aryl methyl sites for hydroxylation is 20. The molecule has 18 nitrogen and oxygen atoms in total. The number of benzene rings is 11. The molecule has 0 spiro atoms. The molecule has 3 aromatic heterocycles. The number of phenols is 1. The topological polar surface area (TPSA) is 293 Å². The summed E-state index contributed by atoms with van der Waals surface area (Å²) in [5.74, 6) is 1.63. The van der Waals surface area contributed by atoms with Crippen molar-refractivity contribution in [1.29, 1.82) is 0 Å². The van der Waals surface area contributed by atoms with Gasteiger partial charge in [-0.2, -0.15) is 0 Å². The van der Waals surface area contributed by atoms with Gasteiger partial charge in [0.15, 0.2) is 17.8 Å². The number of carboxylic acids is 2. The zero-order chi connectivity index (χ0) is 95.1. The van der Waals surface area contributed by atoms with Crippen LogP contribution in [-0.2, 0) is 32.7 Å². The van der Waals surface area contributed by atoms with Crippen LogP contribution in [-0.4, -0.2) is 57.2 Å². The summed E-state index contributed by atoms with van der Waals surface area (Å²) in [6.07, 6.45) is 10.6. The molecule has 0 aliphatic heterocycles. The number of nitrogens with one attached hydrogen (secondary N) is 8. The van der Waals surface area contributed by atoms with Gasteiger partial charge in [0.05, 0.1) is 22.8 Å². The standard InChI is InChI=1S/2C12H15N3.C11H13N3.C10H13ClN2.C10H13FN2.2C9H10O2.C9H12.C8H9Cl.C8H9F.C8H10O.CH4/c2*1-9-3-4-10(2)11(7-9)8-15-12-13-5-6-14-12;1-9-4-2-3-5-10(9)8-14-11-12-6-7-13-11;2*1-7-3-4-10(11)5-9(7)6-13-8(2)12;2*1-6-3-4-7(2)8(5-6)9(10)11;1-7-4-5-8(2)9(3)6-7;3*1-6-3-4-7(2)8(9)5-6;/h2*3-7H,8H2,1-2H3,(H2,13,14,15);2-7H,8H2,1H3,(H2,12,13,14);2*3-5,13H,2,6,12H2,1H3;2*3-5H,1-2H3,(H,10,11);4-6H,1-3H3;2*3-5H,1-2H3;3-5,9H,1-2H3;1H4. The van der Waals surface area contributed by atoms with Gasteiger partial charge < -0.3 is 68.3 Å². The largest absolute Gasteiger partial charge is 0.508 e. The lowest BCUT2D eigenvalue weighted by molar-refractivity contribution is 0.0685. The van der Waals surface area contributed by atoms with Crippen LogP contribution < -0.4 is 38.1 Å². The van der Waals surface area contributed by atoms with E-state index < -0.39 is 11.9 Å². The third-order valence-corrected chi connectivity index (χ3v) is 20.3. The zero-order valence-corrected chi connectivity index (χ0v) is 79.2. The zero-order valence-electron chi connectivity index (χ0n) is 77.7. The summed E-state index contributed by atoms with van der Waals surface area (Å²) >= 11 is 11.7. The molecule has 0 radical (unpaired) electrons. The fourth-order valence-corrected chi connectivity index (χ4v) is 11.9. The van der Waals surface area contributed by atoms with E-state index in [0.717, 1.165) is 109 Å². The molecule has 0 aliphatic rings. The second kappa shape index (κ2) is 57.8. The van der Waals surface area contributed by atoms with Gasteiger partial charge in [-0.25, -0.2) is 33.3 Å². The number of hydrogen-bond acceptors (Lipinski definition) is 13. The van der Waals surface area contributed by atoms with Crippen molar-refractivity contribution in [3.8, 4) is 5.75 Å². The number of aromatic hydroxyl groups is 1. The fourth-order valence-electron chi connectivity index (χ4n) is 11.4. The Balaban J connectivity index is 0.000000367. The third kappa shape index (κ3) is 43.9. The van der Waals surface area contributed by atoms with E-state index in [9.17, 15) is 18.4 Å². The Labute approximate surface area is 774 Å². The summed E-state index contributed by atoms with van der Waals surface area (Å²) in [4.78, 5) is 42.5. The number of H-pyrrole nitrogens is 3.